The summed E-state index contributed by atoms with van der Waals surface area (Å²) in [6.07, 6.45) is 0.165. The lowest BCUT2D eigenvalue weighted by Crippen LogP contribution is -2.36. The Morgan fingerprint density at radius 2 is 2.05 bits per heavy atom. The van der Waals surface area contributed by atoms with Crippen molar-refractivity contribution in [1.29, 1.82) is 0 Å². The van der Waals surface area contributed by atoms with Crippen molar-refractivity contribution in [3.8, 4) is 0 Å². The Labute approximate surface area is 133 Å². The molecule has 2 N–H and O–H groups in total. The number of halogens is 1. The van der Waals surface area contributed by atoms with Gasteiger partial charge >= 0.3 is 0 Å². The molecule has 2 aliphatic rings. The van der Waals surface area contributed by atoms with Crippen LogP contribution in [0.25, 0.3) is 0 Å². The molecule has 118 valence electrons. The summed E-state index contributed by atoms with van der Waals surface area (Å²) in [5.74, 6) is -0.962. The van der Waals surface area contributed by atoms with Crippen molar-refractivity contribution in [2.75, 3.05) is 42.6 Å². The van der Waals surface area contributed by atoms with Gasteiger partial charge in [-0.15, -0.1) is 0 Å². The van der Waals surface area contributed by atoms with Crippen LogP contribution in [0.4, 0.5) is 11.4 Å². The van der Waals surface area contributed by atoms with E-state index in [2.05, 4.69) is 4.90 Å². The smallest absolute Gasteiger partial charge is 0.227 e. The van der Waals surface area contributed by atoms with E-state index in [1.165, 1.54) is 0 Å². The molecular formula is C15H18ClN3O3. The van der Waals surface area contributed by atoms with Crippen molar-refractivity contribution in [2.24, 2.45) is 11.7 Å². The van der Waals surface area contributed by atoms with Crippen molar-refractivity contribution < 1.29 is 14.3 Å². The highest BCUT2D eigenvalue weighted by Gasteiger charge is 2.34. The lowest BCUT2D eigenvalue weighted by Gasteiger charge is -2.30. The van der Waals surface area contributed by atoms with E-state index in [0.717, 1.165) is 18.8 Å². The molecule has 1 aromatic carbocycles. The molecule has 0 aromatic heterocycles. The number of carbonyl (C=O) groups excluding carboxylic acids is 2. The molecule has 3 rings (SSSR count). The van der Waals surface area contributed by atoms with Gasteiger partial charge < -0.3 is 20.3 Å². The van der Waals surface area contributed by atoms with Crippen LogP contribution in [0, 0.1) is 5.92 Å². The maximum absolute atomic E-state index is 12.0. The third-order valence-corrected chi connectivity index (χ3v) is 4.42. The van der Waals surface area contributed by atoms with Gasteiger partial charge in [0.2, 0.25) is 11.8 Å². The number of hydrogen-bond donors (Lipinski definition) is 1. The molecule has 2 aliphatic heterocycles. The first-order chi connectivity index (χ1) is 10.6. The zero-order valence-corrected chi connectivity index (χ0v) is 12.9. The van der Waals surface area contributed by atoms with E-state index < -0.39 is 11.8 Å². The molecule has 2 saturated heterocycles. The van der Waals surface area contributed by atoms with Crippen LogP contribution >= 0.6 is 11.6 Å². The van der Waals surface area contributed by atoms with Gasteiger partial charge in [-0.1, -0.05) is 11.6 Å². The van der Waals surface area contributed by atoms with E-state index in [1.54, 1.807) is 11.0 Å². The number of nitrogens with two attached hydrogens (primary N) is 1. The quantitative estimate of drug-likeness (QED) is 0.901. The Morgan fingerprint density at radius 1 is 1.32 bits per heavy atom. The summed E-state index contributed by atoms with van der Waals surface area (Å²) < 4.78 is 5.33. The van der Waals surface area contributed by atoms with Gasteiger partial charge in [0.05, 0.1) is 29.8 Å². The molecule has 2 heterocycles. The molecule has 6 nitrogen and oxygen atoms in total. The van der Waals surface area contributed by atoms with Gasteiger partial charge in [-0.3, -0.25) is 9.59 Å². The van der Waals surface area contributed by atoms with E-state index in [1.807, 2.05) is 12.1 Å². The second kappa shape index (κ2) is 6.14. The van der Waals surface area contributed by atoms with E-state index in [9.17, 15) is 9.59 Å². The summed E-state index contributed by atoms with van der Waals surface area (Å²) in [6.45, 7) is 3.28. The fraction of sp³-hybridized carbons (Fsp3) is 0.467. The zero-order chi connectivity index (χ0) is 15.7. The summed E-state index contributed by atoms with van der Waals surface area (Å²) in [7, 11) is 0. The number of hydrogen-bond acceptors (Lipinski definition) is 4. The first-order valence-electron chi connectivity index (χ1n) is 7.28. The molecule has 0 unspecified atom stereocenters. The molecule has 0 radical (unpaired) electrons. The van der Waals surface area contributed by atoms with Crippen LogP contribution in [0.1, 0.15) is 6.42 Å². The lowest BCUT2D eigenvalue weighted by molar-refractivity contribution is -0.123. The second-order valence-electron chi connectivity index (χ2n) is 5.54. The van der Waals surface area contributed by atoms with Crippen LogP contribution < -0.4 is 15.5 Å². The average molecular weight is 324 g/mol. The third-order valence-electron chi connectivity index (χ3n) is 4.12. The SMILES string of the molecule is NC(=O)[C@H]1CC(=O)N(c2ccc(N3CCOCC3)c(Cl)c2)C1. The van der Waals surface area contributed by atoms with Crippen LogP contribution in [-0.4, -0.2) is 44.7 Å². The summed E-state index contributed by atoms with van der Waals surface area (Å²) in [5, 5.41) is 0.592. The monoisotopic (exact) mass is 323 g/mol. The first-order valence-corrected chi connectivity index (χ1v) is 7.66. The largest absolute Gasteiger partial charge is 0.378 e. The van der Waals surface area contributed by atoms with E-state index in [-0.39, 0.29) is 12.3 Å². The lowest BCUT2D eigenvalue weighted by atomic mass is 10.1. The second-order valence-corrected chi connectivity index (χ2v) is 5.95. The van der Waals surface area contributed by atoms with Crippen molar-refractivity contribution in [2.45, 2.75) is 6.42 Å². The summed E-state index contributed by atoms with van der Waals surface area (Å²) >= 11 is 6.38. The van der Waals surface area contributed by atoms with Crippen LogP contribution in [0.5, 0.6) is 0 Å². The van der Waals surface area contributed by atoms with Gasteiger partial charge in [0.15, 0.2) is 0 Å². The number of amides is 2. The molecular weight excluding hydrogens is 306 g/mol. The number of carbonyl (C=O) groups is 2. The molecule has 1 atom stereocenters. The van der Waals surface area contributed by atoms with Gasteiger partial charge in [0.25, 0.3) is 0 Å². The number of primary amides is 1. The zero-order valence-electron chi connectivity index (χ0n) is 12.1. The number of rotatable bonds is 3. The normalized spacial score (nSPS) is 22.2. The van der Waals surface area contributed by atoms with Crippen molar-refractivity contribution in [1.82, 2.24) is 0 Å². The van der Waals surface area contributed by atoms with E-state index in [4.69, 9.17) is 22.1 Å². The highest BCUT2D eigenvalue weighted by atomic mass is 35.5. The maximum atomic E-state index is 12.0. The highest BCUT2D eigenvalue weighted by Crippen LogP contribution is 2.33. The predicted molar refractivity (Wildman–Crippen MR) is 84.1 cm³/mol. The van der Waals surface area contributed by atoms with Crippen LogP contribution in [-0.2, 0) is 14.3 Å². The van der Waals surface area contributed by atoms with Crippen LogP contribution in [0.3, 0.4) is 0 Å². The Balaban J connectivity index is 1.80. The Kier molecular flexibility index (Phi) is 4.22. The van der Waals surface area contributed by atoms with Crippen LogP contribution in [0.2, 0.25) is 5.02 Å². The molecule has 22 heavy (non-hydrogen) atoms. The van der Waals surface area contributed by atoms with Gasteiger partial charge in [0, 0.05) is 31.7 Å². The van der Waals surface area contributed by atoms with E-state index >= 15 is 0 Å². The fourth-order valence-electron chi connectivity index (χ4n) is 2.87. The topological polar surface area (TPSA) is 75.9 Å². The maximum Gasteiger partial charge on any atom is 0.227 e. The number of nitrogens with zero attached hydrogens (tertiary/aromatic N) is 2. The van der Waals surface area contributed by atoms with E-state index in [0.29, 0.717) is 30.5 Å². The third kappa shape index (κ3) is 2.89. The number of ether oxygens (including phenoxy) is 1. The molecule has 0 bridgehead atoms. The molecule has 0 spiro atoms. The van der Waals surface area contributed by atoms with Gasteiger partial charge in [0.1, 0.15) is 0 Å². The number of benzene rings is 1. The number of morpholine rings is 1. The average Bonchev–Trinajstić information content (AvgIpc) is 2.90. The van der Waals surface area contributed by atoms with Crippen molar-refractivity contribution >= 4 is 34.8 Å². The minimum atomic E-state index is -0.438. The van der Waals surface area contributed by atoms with Gasteiger partial charge in [-0.25, -0.2) is 0 Å². The molecule has 2 fully saturated rings. The van der Waals surface area contributed by atoms with Gasteiger partial charge in [-0.2, -0.15) is 0 Å². The van der Waals surface area contributed by atoms with Crippen molar-refractivity contribution in [3.63, 3.8) is 0 Å². The molecule has 0 saturated carbocycles. The summed E-state index contributed by atoms with van der Waals surface area (Å²) in [5.41, 5.74) is 6.93. The first kappa shape index (κ1) is 15.1. The molecule has 1 aromatic rings. The fourth-order valence-corrected chi connectivity index (χ4v) is 3.17. The molecule has 7 heteroatoms. The molecule has 2 amide bonds. The minimum Gasteiger partial charge on any atom is -0.378 e. The van der Waals surface area contributed by atoms with Crippen molar-refractivity contribution in [3.05, 3.63) is 23.2 Å². The Morgan fingerprint density at radius 3 is 2.64 bits per heavy atom. The standard InChI is InChI=1S/C15H18ClN3O3/c16-12-8-11(19-9-10(15(17)21)7-14(19)20)1-2-13(12)18-3-5-22-6-4-18/h1-2,8,10H,3-7,9H2,(H2,17,21)/t10-/m0/s1. The van der Waals surface area contributed by atoms with Crippen LogP contribution in [0.15, 0.2) is 18.2 Å². The summed E-state index contributed by atoms with van der Waals surface area (Å²) in [4.78, 5) is 27.0. The number of anilines is 2. The molecule has 0 aliphatic carbocycles. The van der Waals surface area contributed by atoms with Gasteiger partial charge in [-0.05, 0) is 18.2 Å². The summed E-state index contributed by atoms with van der Waals surface area (Å²) in [6, 6.07) is 5.54. The predicted octanol–water partition coefficient (Wildman–Crippen LogP) is 1.01. The minimum absolute atomic E-state index is 0.0982. The Bertz CT molecular complexity index is 602. The highest BCUT2D eigenvalue weighted by molar-refractivity contribution is 6.33. The Hall–Kier alpha value is -1.79.